The highest BCUT2D eigenvalue weighted by Crippen LogP contribution is 2.25. The predicted octanol–water partition coefficient (Wildman–Crippen LogP) is 1.05. The van der Waals surface area contributed by atoms with Gasteiger partial charge >= 0.3 is 0 Å². The first-order chi connectivity index (χ1) is 6.38. The minimum atomic E-state index is 0.114. The lowest BCUT2D eigenvalue weighted by Gasteiger charge is -2.23. The molecule has 4 nitrogen and oxygen atoms in total. The highest BCUT2D eigenvalue weighted by Gasteiger charge is 2.21. The summed E-state index contributed by atoms with van der Waals surface area (Å²) in [6, 6.07) is 1.72. The zero-order chi connectivity index (χ0) is 9.10. The van der Waals surface area contributed by atoms with Crippen LogP contribution in [0.15, 0.2) is 12.3 Å². The molecule has 0 N–H and O–H groups in total. The number of carbonyl (C=O) groups excluding carboxylic acids is 1. The summed E-state index contributed by atoms with van der Waals surface area (Å²) in [7, 11) is 0. The molecule has 0 spiro atoms. The summed E-state index contributed by atoms with van der Waals surface area (Å²) >= 11 is 1.50. The Morgan fingerprint density at radius 1 is 1.62 bits per heavy atom. The maximum absolute atomic E-state index is 11.4. The van der Waals surface area contributed by atoms with Gasteiger partial charge in [0, 0.05) is 24.4 Å². The van der Waals surface area contributed by atoms with E-state index in [-0.39, 0.29) is 5.91 Å². The molecule has 1 aromatic heterocycles. The molecule has 0 atom stereocenters. The fourth-order valence-electron chi connectivity index (χ4n) is 1.11. The van der Waals surface area contributed by atoms with Crippen LogP contribution in [0.4, 0.5) is 5.82 Å². The van der Waals surface area contributed by atoms with Gasteiger partial charge in [0.05, 0.1) is 0 Å². The third kappa shape index (κ3) is 1.80. The normalized spacial score (nSPS) is 17.5. The topological polar surface area (TPSA) is 46.1 Å². The number of anilines is 1. The highest BCUT2D eigenvalue weighted by molar-refractivity contribution is 8.01. The quantitative estimate of drug-likeness (QED) is 0.627. The van der Waals surface area contributed by atoms with Crippen LogP contribution in [0.5, 0.6) is 0 Å². The molecule has 0 unspecified atom stereocenters. The second kappa shape index (κ2) is 3.74. The van der Waals surface area contributed by atoms with Crippen molar-refractivity contribution in [2.75, 3.05) is 10.1 Å². The van der Waals surface area contributed by atoms with Gasteiger partial charge in [0.1, 0.15) is 5.82 Å². The average Bonchev–Trinajstić information content (AvgIpc) is 2.20. The molecule has 1 aliphatic rings. The van der Waals surface area contributed by atoms with Crippen molar-refractivity contribution in [3.05, 3.63) is 18.6 Å². The van der Waals surface area contributed by atoms with Crippen LogP contribution in [0.25, 0.3) is 0 Å². The van der Waals surface area contributed by atoms with Crippen LogP contribution in [-0.2, 0) is 4.79 Å². The van der Waals surface area contributed by atoms with Crippen LogP contribution >= 0.6 is 11.9 Å². The Labute approximate surface area is 80.5 Å². The molecule has 2 heterocycles. The molecule has 1 amide bonds. The van der Waals surface area contributed by atoms with Gasteiger partial charge in [-0.1, -0.05) is 0 Å². The minimum Gasteiger partial charge on any atom is -0.274 e. The van der Waals surface area contributed by atoms with Crippen LogP contribution in [0.1, 0.15) is 12.8 Å². The molecule has 0 aliphatic carbocycles. The standard InChI is InChI=1S/C8H8N3OS/c12-8-2-1-5-13-11(8)7-3-4-9-6-10-7/h3-4H,1-2,5H2. The van der Waals surface area contributed by atoms with Crippen LogP contribution in [-0.4, -0.2) is 21.6 Å². The van der Waals surface area contributed by atoms with E-state index in [1.54, 1.807) is 16.6 Å². The lowest BCUT2D eigenvalue weighted by atomic mass is 10.3. The molecule has 1 aliphatic heterocycles. The molecular weight excluding hydrogens is 186 g/mol. The van der Waals surface area contributed by atoms with Gasteiger partial charge in [-0.2, -0.15) is 0 Å². The van der Waals surface area contributed by atoms with Crippen molar-refractivity contribution in [3.8, 4) is 0 Å². The zero-order valence-electron chi connectivity index (χ0n) is 6.93. The van der Waals surface area contributed by atoms with Crippen LogP contribution in [0.3, 0.4) is 0 Å². The molecule has 2 rings (SSSR count). The van der Waals surface area contributed by atoms with Gasteiger partial charge in [0.2, 0.25) is 5.91 Å². The van der Waals surface area contributed by atoms with Crippen LogP contribution in [0.2, 0.25) is 0 Å². The Morgan fingerprint density at radius 2 is 2.54 bits per heavy atom. The maximum Gasteiger partial charge on any atom is 0.238 e. The van der Waals surface area contributed by atoms with Gasteiger partial charge in [-0.15, -0.1) is 0 Å². The van der Waals surface area contributed by atoms with Gasteiger partial charge in [-0.25, -0.2) is 14.3 Å². The number of hydrogen-bond donors (Lipinski definition) is 0. The average molecular weight is 194 g/mol. The van der Waals surface area contributed by atoms with Crippen molar-refractivity contribution in [2.45, 2.75) is 12.8 Å². The fourth-order valence-corrected chi connectivity index (χ4v) is 2.04. The summed E-state index contributed by atoms with van der Waals surface area (Å²) in [5, 5.41) is 0. The molecule has 1 aromatic rings. The fraction of sp³-hybridized carbons (Fsp3) is 0.375. The second-order valence-electron chi connectivity index (χ2n) is 2.64. The van der Waals surface area contributed by atoms with Gasteiger partial charge in [-0.3, -0.25) is 4.79 Å². The van der Waals surface area contributed by atoms with Crippen LogP contribution in [0, 0.1) is 6.33 Å². The molecule has 0 saturated carbocycles. The SMILES string of the molecule is O=C1CCCSN1c1ccn[c]n1. The minimum absolute atomic E-state index is 0.114. The summed E-state index contributed by atoms with van der Waals surface area (Å²) in [5.74, 6) is 1.71. The van der Waals surface area contributed by atoms with Gasteiger partial charge < -0.3 is 0 Å². The lowest BCUT2D eigenvalue weighted by molar-refractivity contribution is -0.117. The van der Waals surface area contributed by atoms with E-state index in [0.29, 0.717) is 12.2 Å². The smallest absolute Gasteiger partial charge is 0.238 e. The van der Waals surface area contributed by atoms with E-state index in [0.717, 1.165) is 12.2 Å². The Morgan fingerprint density at radius 3 is 3.23 bits per heavy atom. The largest absolute Gasteiger partial charge is 0.274 e. The number of rotatable bonds is 1. The van der Waals surface area contributed by atoms with Gasteiger partial charge in [0.15, 0.2) is 6.33 Å². The monoisotopic (exact) mass is 194 g/mol. The molecule has 1 fully saturated rings. The third-order valence-electron chi connectivity index (χ3n) is 1.71. The Balaban J connectivity index is 2.20. The first-order valence-electron chi connectivity index (χ1n) is 4.03. The molecule has 5 heteroatoms. The van der Waals surface area contributed by atoms with E-state index in [2.05, 4.69) is 16.3 Å². The summed E-state index contributed by atoms with van der Waals surface area (Å²) in [4.78, 5) is 19.0. The van der Waals surface area contributed by atoms with E-state index in [4.69, 9.17) is 0 Å². The van der Waals surface area contributed by atoms with Gasteiger partial charge in [-0.05, 0) is 18.4 Å². The number of aromatic nitrogens is 2. The Bertz CT molecular complexity index is 304. The molecular formula is C8H8N3OS. The summed E-state index contributed by atoms with van der Waals surface area (Å²) in [6.45, 7) is 0. The first kappa shape index (κ1) is 8.50. The Hall–Kier alpha value is -1.10. The van der Waals surface area contributed by atoms with Crippen molar-refractivity contribution in [2.24, 2.45) is 0 Å². The molecule has 1 saturated heterocycles. The molecule has 0 aromatic carbocycles. The maximum atomic E-state index is 11.4. The van der Waals surface area contributed by atoms with Crippen molar-refractivity contribution in [1.29, 1.82) is 0 Å². The van der Waals surface area contributed by atoms with E-state index in [9.17, 15) is 4.79 Å². The van der Waals surface area contributed by atoms with Crippen LogP contribution < -0.4 is 4.31 Å². The third-order valence-corrected chi connectivity index (χ3v) is 2.83. The van der Waals surface area contributed by atoms with Crippen molar-refractivity contribution < 1.29 is 4.79 Å². The zero-order valence-corrected chi connectivity index (χ0v) is 7.75. The number of carbonyl (C=O) groups is 1. The molecule has 67 valence electrons. The summed E-state index contributed by atoms with van der Waals surface area (Å²) in [6.07, 6.45) is 5.62. The number of hydrogen-bond acceptors (Lipinski definition) is 4. The summed E-state index contributed by atoms with van der Waals surface area (Å²) < 4.78 is 1.61. The second-order valence-corrected chi connectivity index (χ2v) is 3.67. The predicted molar refractivity (Wildman–Crippen MR) is 50.0 cm³/mol. The highest BCUT2D eigenvalue weighted by atomic mass is 32.2. The van der Waals surface area contributed by atoms with Crippen molar-refractivity contribution in [1.82, 2.24) is 9.97 Å². The lowest BCUT2D eigenvalue weighted by Crippen LogP contribution is -2.28. The van der Waals surface area contributed by atoms with E-state index in [1.165, 1.54) is 11.9 Å². The van der Waals surface area contributed by atoms with Crippen molar-refractivity contribution in [3.63, 3.8) is 0 Å². The van der Waals surface area contributed by atoms with E-state index >= 15 is 0 Å². The van der Waals surface area contributed by atoms with Gasteiger partial charge in [0.25, 0.3) is 0 Å². The van der Waals surface area contributed by atoms with Crippen molar-refractivity contribution >= 4 is 23.7 Å². The Kier molecular flexibility index (Phi) is 2.44. The number of amides is 1. The van der Waals surface area contributed by atoms with E-state index in [1.807, 2.05) is 0 Å². The summed E-state index contributed by atoms with van der Waals surface area (Å²) in [5.41, 5.74) is 0. The molecule has 1 radical (unpaired) electrons. The number of nitrogens with zero attached hydrogens (tertiary/aromatic N) is 3. The molecule has 0 bridgehead atoms. The first-order valence-corrected chi connectivity index (χ1v) is 4.97. The van der Waals surface area contributed by atoms with E-state index < -0.39 is 0 Å². The molecule has 13 heavy (non-hydrogen) atoms.